The van der Waals surface area contributed by atoms with Crippen molar-refractivity contribution >= 4 is 87.2 Å². The van der Waals surface area contributed by atoms with E-state index in [-0.39, 0.29) is 145 Å². The number of hydrogen-bond donors (Lipinski definition) is 8. The van der Waals surface area contributed by atoms with Crippen LogP contribution in [0.1, 0.15) is 77.6 Å². The largest absolute Gasteiger partial charge is 0.421 e. The van der Waals surface area contributed by atoms with Crippen LogP contribution in [0.4, 0.5) is 99.7 Å². The molecule has 0 amide bonds. The summed E-state index contributed by atoms with van der Waals surface area (Å²) in [5, 5.41) is 39.1. The third-order valence-electron chi connectivity index (χ3n) is 20.2. The molecule has 52 heteroatoms. The number of rotatable bonds is 16. The summed E-state index contributed by atoms with van der Waals surface area (Å²) in [5.41, 5.74) is 7.62. The average molecular weight is 1880 g/mol. The summed E-state index contributed by atoms with van der Waals surface area (Å²) < 4.78 is 265. The minimum atomic E-state index is -4.90. The van der Waals surface area contributed by atoms with Gasteiger partial charge in [-0.2, -0.15) is 69.9 Å². The van der Waals surface area contributed by atoms with E-state index in [1.54, 1.807) is 47.3 Å². The molecular formula is C76H84F12N24O12S4. The lowest BCUT2D eigenvalue weighted by atomic mass is 9.99. The Morgan fingerprint density at radius 3 is 0.586 bits per heavy atom. The van der Waals surface area contributed by atoms with Gasteiger partial charge in [-0.05, 0) is 104 Å². The molecule has 12 heterocycles. The lowest BCUT2D eigenvalue weighted by Crippen LogP contribution is -2.54. The maximum Gasteiger partial charge on any atom is 0.421 e. The zero-order chi connectivity index (χ0) is 94.9. The molecule has 0 unspecified atom stereocenters. The van der Waals surface area contributed by atoms with Gasteiger partial charge in [0.1, 0.15) is 67.0 Å². The van der Waals surface area contributed by atoms with E-state index in [0.29, 0.717) is 27.7 Å². The van der Waals surface area contributed by atoms with E-state index < -0.39 is 134 Å². The second kappa shape index (κ2) is 39.0. The summed E-state index contributed by atoms with van der Waals surface area (Å²) in [6, 6.07) is 8.43. The van der Waals surface area contributed by atoms with Crippen LogP contribution >= 0.6 is 0 Å². The highest BCUT2D eigenvalue weighted by molar-refractivity contribution is 7.90. The number of hydrogen-bond acceptors (Lipinski definition) is 32. The van der Waals surface area contributed by atoms with Gasteiger partial charge in [-0.25, -0.2) is 93.5 Å². The van der Waals surface area contributed by atoms with E-state index in [0.717, 1.165) is 49.6 Å². The molecule has 688 valence electrons. The Hall–Kier alpha value is -11.8. The number of aromatic nitrogens is 12. The number of alkyl halides is 12. The van der Waals surface area contributed by atoms with Crippen LogP contribution in [0, 0.1) is 47.4 Å². The van der Waals surface area contributed by atoms with Crippen LogP contribution in [0.25, 0.3) is 0 Å². The first-order valence-electron chi connectivity index (χ1n) is 37.6. The molecule has 8 aromatic heterocycles. The van der Waals surface area contributed by atoms with Gasteiger partial charge in [0, 0.05) is 175 Å². The summed E-state index contributed by atoms with van der Waals surface area (Å²) >= 11 is 0. The van der Waals surface area contributed by atoms with E-state index in [4.69, 9.17) is 22.9 Å². The molecular weight excluding hydrogens is 1800 g/mol. The molecule has 8 aromatic rings. The fourth-order valence-corrected chi connectivity index (χ4v) is 17.9. The molecule has 4 saturated heterocycles. The van der Waals surface area contributed by atoms with Crippen molar-refractivity contribution in [3.05, 3.63) is 145 Å². The Labute approximate surface area is 727 Å². The first-order valence-corrected chi connectivity index (χ1v) is 43.4. The third kappa shape index (κ3) is 22.3. The van der Waals surface area contributed by atoms with Gasteiger partial charge in [0.25, 0.3) is 0 Å². The zero-order valence-corrected chi connectivity index (χ0v) is 72.1. The van der Waals surface area contributed by atoms with Gasteiger partial charge >= 0.3 is 24.7 Å². The minimum Gasteiger partial charge on any atom is -0.384 e. The third-order valence-corrected chi connectivity index (χ3v) is 27.6. The number of sulfonamides is 4. The van der Waals surface area contributed by atoms with Crippen molar-refractivity contribution in [2.45, 2.75) is 146 Å². The van der Waals surface area contributed by atoms with Crippen molar-refractivity contribution in [1.82, 2.24) is 77.0 Å². The molecule has 12 rings (SSSR count). The molecule has 4 fully saturated rings. The van der Waals surface area contributed by atoms with Gasteiger partial charge in [0.05, 0.1) is 0 Å². The van der Waals surface area contributed by atoms with Gasteiger partial charge in [0.2, 0.25) is 63.9 Å². The molecule has 0 aliphatic carbocycles. The summed E-state index contributed by atoms with van der Waals surface area (Å²) in [6.45, 7) is 9.62. The van der Waals surface area contributed by atoms with E-state index >= 15 is 0 Å². The van der Waals surface area contributed by atoms with Crippen molar-refractivity contribution in [2.24, 2.45) is 0 Å². The second-order valence-corrected chi connectivity index (χ2v) is 36.7. The molecule has 0 spiro atoms. The van der Waals surface area contributed by atoms with Gasteiger partial charge in [-0.1, -0.05) is 23.7 Å². The molecule has 0 bridgehead atoms. The first-order chi connectivity index (χ1) is 59.5. The topological polar surface area (TPSA) is 502 Å². The lowest BCUT2D eigenvalue weighted by Gasteiger charge is -2.38. The minimum absolute atomic E-state index is 0.0150. The molecule has 0 radical (unpaired) electrons. The van der Waals surface area contributed by atoms with E-state index in [1.807, 2.05) is 0 Å². The number of nitrogens with two attached hydrogens (primary N) is 4. The molecule has 36 nitrogen and oxygen atoms in total. The summed E-state index contributed by atoms with van der Waals surface area (Å²) in [5.74, 6) is 23.5. The quantitative estimate of drug-likeness (QED) is 0.0487. The normalized spacial score (nSPS) is 19.7. The Morgan fingerprint density at radius 1 is 0.289 bits per heavy atom. The van der Waals surface area contributed by atoms with Gasteiger partial charge in [-0.3, -0.25) is 0 Å². The number of piperazine rings is 4. The fourth-order valence-electron chi connectivity index (χ4n) is 12.3. The molecule has 4 aliphatic rings. The summed E-state index contributed by atoms with van der Waals surface area (Å²) in [4.78, 5) is 53.4. The number of nitrogen functional groups attached to an aromatic ring is 4. The lowest BCUT2D eigenvalue weighted by molar-refractivity contribution is -0.259. The molecule has 12 N–H and O–H groups in total. The summed E-state index contributed by atoms with van der Waals surface area (Å²) in [6.07, 6.45) is -7.72. The average Bonchev–Trinajstić information content (AvgIpc) is 0.779. The molecule has 4 aliphatic heterocycles. The van der Waals surface area contributed by atoms with Crippen molar-refractivity contribution in [3.8, 4) is 47.4 Å². The molecule has 0 saturated carbocycles. The first kappa shape index (κ1) is 100.0. The number of halogens is 12. The highest BCUT2D eigenvalue weighted by Gasteiger charge is 2.55. The second-order valence-electron chi connectivity index (χ2n) is 28.9. The number of nitrogens with zero attached hydrogens (tertiary/aromatic N) is 20. The predicted octanol–water partition coefficient (Wildman–Crippen LogP) is 4.51. The zero-order valence-electron chi connectivity index (χ0n) is 68.8. The van der Waals surface area contributed by atoms with Crippen molar-refractivity contribution in [1.29, 1.82) is 0 Å². The highest BCUT2D eigenvalue weighted by Crippen LogP contribution is 2.43. The monoisotopic (exact) mass is 1880 g/mol. The summed E-state index contributed by atoms with van der Waals surface area (Å²) in [7, 11) is -15.4. The highest BCUT2D eigenvalue weighted by atomic mass is 32.2. The van der Waals surface area contributed by atoms with Gasteiger partial charge in [-0.15, -0.1) is 23.7 Å². The Kier molecular flexibility index (Phi) is 30.5. The van der Waals surface area contributed by atoms with Crippen LogP contribution in [0.3, 0.4) is 0 Å². The van der Waals surface area contributed by atoms with Crippen LogP contribution in [-0.2, 0) is 62.5 Å². The maximum atomic E-state index is 13.0. The van der Waals surface area contributed by atoms with Crippen LogP contribution in [0.15, 0.2) is 142 Å². The van der Waals surface area contributed by atoms with E-state index in [2.05, 4.69) is 107 Å². The Balaban J connectivity index is 0.000000193. The maximum absolute atomic E-state index is 13.0. The van der Waals surface area contributed by atoms with Crippen LogP contribution in [-0.4, -0.2) is 259 Å². The van der Waals surface area contributed by atoms with Crippen molar-refractivity contribution < 1.29 is 107 Å². The molecule has 128 heavy (non-hydrogen) atoms. The van der Waals surface area contributed by atoms with Crippen molar-refractivity contribution in [3.63, 3.8) is 0 Å². The standard InChI is InChI=1S/4C19H21F3N6O3S/c4*1-3-4-14-12-27(32(30,31)15-5-6-16(23)24-11-15)7-8-28(14)17-25-9-13(10-26-17)18(2,29)19(20,21)22/h4*5-6,9-11,14,29H,7-8,12H2,1-2H3,(H2,23,24)/t2*14-,18+;2*14-,18-/m1010/s1. The Bertz CT molecular complexity index is 5240. The van der Waals surface area contributed by atoms with Crippen LogP contribution in [0.2, 0.25) is 0 Å². The van der Waals surface area contributed by atoms with Gasteiger partial charge < -0.3 is 63.0 Å². The van der Waals surface area contributed by atoms with Gasteiger partial charge in [0.15, 0.2) is 22.4 Å². The fraction of sp³-hybridized carbons (Fsp3) is 0.421. The van der Waals surface area contributed by atoms with E-state index in [9.17, 15) is 107 Å². The SMILES string of the molecule is CC#C[C@@H]1CN(S(=O)(=O)c2ccc(N)nc2)CCN1c1ncc([C@@](C)(O)C(F)(F)F)cn1.CC#C[C@@H]1CN(S(=O)(=O)c2ccc(N)nc2)CCN1c1ncc([C@](C)(O)C(F)(F)F)cn1.CC#C[C@H]1CN(S(=O)(=O)c2ccc(N)nc2)CCN1c1ncc([C@@](C)(O)C(F)(F)F)cn1.CC#C[C@H]1CN(S(=O)(=O)c2ccc(N)nc2)CCN1c1ncc([C@](C)(O)C(F)(F)F)cn1. The molecule has 8 atom stereocenters. The number of pyridine rings is 4. The smallest absolute Gasteiger partial charge is 0.384 e. The van der Waals surface area contributed by atoms with Crippen LogP contribution in [0.5, 0.6) is 0 Å². The Morgan fingerprint density at radius 2 is 0.453 bits per heavy atom. The number of anilines is 8. The van der Waals surface area contributed by atoms with Crippen molar-refractivity contribution in [2.75, 3.05) is 121 Å². The van der Waals surface area contributed by atoms with Crippen LogP contribution < -0.4 is 42.5 Å². The molecule has 0 aromatic carbocycles. The number of aliphatic hydroxyl groups is 4. The predicted molar refractivity (Wildman–Crippen MR) is 439 cm³/mol. The van der Waals surface area contributed by atoms with E-state index in [1.165, 1.54) is 90.5 Å².